The van der Waals surface area contributed by atoms with Crippen LogP contribution in [0.15, 0.2) is 18.3 Å². The van der Waals surface area contributed by atoms with Gasteiger partial charge < -0.3 is 20.3 Å². The Morgan fingerprint density at radius 2 is 2.14 bits per heavy atom. The lowest BCUT2D eigenvalue weighted by Gasteiger charge is -2.27. The van der Waals surface area contributed by atoms with E-state index in [0.29, 0.717) is 18.4 Å². The molecule has 0 spiro atoms. The van der Waals surface area contributed by atoms with Crippen LogP contribution in [-0.4, -0.2) is 41.3 Å². The van der Waals surface area contributed by atoms with Crippen LogP contribution in [0.2, 0.25) is 0 Å². The fourth-order valence-corrected chi connectivity index (χ4v) is 2.94. The molecule has 0 radical (unpaired) electrons. The number of hydrogen-bond donors (Lipinski definition) is 3. The molecule has 5 nitrogen and oxygen atoms in total. The highest BCUT2D eigenvalue weighted by molar-refractivity contribution is 5.93. The Hall–Kier alpha value is -1.04. The fourth-order valence-electron chi connectivity index (χ4n) is 2.94. The van der Waals surface area contributed by atoms with Crippen LogP contribution in [0.25, 0.3) is 0 Å². The molecule has 3 N–H and O–H groups in total. The zero-order chi connectivity index (χ0) is 15.2. The molecule has 1 saturated heterocycles. The quantitative estimate of drug-likeness (QED) is 0.747. The maximum atomic E-state index is 12.5. The van der Waals surface area contributed by atoms with Gasteiger partial charge in [-0.05, 0) is 50.4 Å². The van der Waals surface area contributed by atoms with E-state index in [2.05, 4.69) is 29.0 Å². The van der Waals surface area contributed by atoms with Gasteiger partial charge in [-0.15, -0.1) is 12.4 Å². The fraction of sp³-hybridized carbons (Fsp3) is 0.688. The molecule has 2 rings (SSSR count). The van der Waals surface area contributed by atoms with Crippen molar-refractivity contribution in [2.75, 3.05) is 19.7 Å². The van der Waals surface area contributed by atoms with Gasteiger partial charge in [-0.3, -0.25) is 4.79 Å². The predicted molar refractivity (Wildman–Crippen MR) is 90.6 cm³/mol. The Morgan fingerprint density at radius 3 is 2.73 bits per heavy atom. The first kappa shape index (κ1) is 19.0. The van der Waals surface area contributed by atoms with Gasteiger partial charge in [0.15, 0.2) is 0 Å². The van der Waals surface area contributed by atoms with E-state index in [1.54, 1.807) is 0 Å². The number of halogens is 1. The van der Waals surface area contributed by atoms with Gasteiger partial charge in [-0.1, -0.05) is 13.8 Å². The maximum absolute atomic E-state index is 12.5. The summed E-state index contributed by atoms with van der Waals surface area (Å²) in [7, 11) is 0. The topological polar surface area (TPSA) is 66.3 Å². The summed E-state index contributed by atoms with van der Waals surface area (Å²) in [6, 6.07) is 4.23. The standard InChI is InChI=1S/C16H27N3O2.ClH/c1-12(2)14(7-11-20)18-16(21)15-4-3-10-19(15)13-5-8-17-9-6-13;/h3-4,10,12-14,17,20H,5-9,11H2,1-2H3,(H,18,21);1H. The molecule has 1 aromatic heterocycles. The van der Waals surface area contributed by atoms with Crippen LogP contribution in [0.4, 0.5) is 0 Å². The highest BCUT2D eigenvalue weighted by atomic mass is 35.5. The minimum absolute atomic E-state index is 0. The molecule has 0 aliphatic carbocycles. The van der Waals surface area contributed by atoms with Gasteiger partial charge in [0.1, 0.15) is 5.69 Å². The lowest BCUT2D eigenvalue weighted by Crippen LogP contribution is -2.40. The summed E-state index contributed by atoms with van der Waals surface area (Å²) in [6.07, 6.45) is 4.71. The number of carbonyl (C=O) groups excluding carboxylic acids is 1. The van der Waals surface area contributed by atoms with Crippen molar-refractivity contribution < 1.29 is 9.90 Å². The summed E-state index contributed by atoms with van der Waals surface area (Å²) in [5, 5.41) is 15.5. The van der Waals surface area contributed by atoms with Crippen molar-refractivity contribution in [2.45, 2.75) is 45.2 Å². The van der Waals surface area contributed by atoms with E-state index in [-0.39, 0.29) is 31.0 Å². The van der Waals surface area contributed by atoms with Crippen LogP contribution in [0.5, 0.6) is 0 Å². The number of piperidine rings is 1. The minimum Gasteiger partial charge on any atom is -0.396 e. The van der Waals surface area contributed by atoms with Gasteiger partial charge in [0.2, 0.25) is 0 Å². The number of nitrogens with zero attached hydrogens (tertiary/aromatic N) is 1. The second-order valence-corrected chi connectivity index (χ2v) is 6.12. The van der Waals surface area contributed by atoms with Crippen LogP contribution < -0.4 is 10.6 Å². The van der Waals surface area contributed by atoms with Crippen molar-refractivity contribution >= 4 is 18.3 Å². The van der Waals surface area contributed by atoms with Gasteiger partial charge in [0, 0.05) is 24.9 Å². The number of aliphatic hydroxyl groups excluding tert-OH is 1. The molecule has 22 heavy (non-hydrogen) atoms. The molecule has 0 aromatic carbocycles. The molecule has 1 unspecified atom stereocenters. The van der Waals surface area contributed by atoms with Gasteiger partial charge in [-0.2, -0.15) is 0 Å². The van der Waals surface area contributed by atoms with Crippen molar-refractivity contribution in [2.24, 2.45) is 5.92 Å². The van der Waals surface area contributed by atoms with E-state index < -0.39 is 0 Å². The van der Waals surface area contributed by atoms with Gasteiger partial charge in [0.25, 0.3) is 5.91 Å². The van der Waals surface area contributed by atoms with Crippen LogP contribution in [-0.2, 0) is 0 Å². The average molecular weight is 330 g/mol. The van der Waals surface area contributed by atoms with E-state index in [4.69, 9.17) is 5.11 Å². The van der Waals surface area contributed by atoms with E-state index in [9.17, 15) is 4.79 Å². The summed E-state index contributed by atoms with van der Waals surface area (Å²) in [4.78, 5) is 12.5. The molecule has 0 bridgehead atoms. The van der Waals surface area contributed by atoms with Gasteiger partial charge in [0.05, 0.1) is 0 Å². The molecule has 6 heteroatoms. The Kier molecular flexibility index (Phi) is 7.93. The normalized spacial score (nSPS) is 17.1. The van der Waals surface area contributed by atoms with Crippen molar-refractivity contribution in [3.8, 4) is 0 Å². The first-order chi connectivity index (χ1) is 10.1. The molecular formula is C16H28ClN3O2. The number of hydrogen-bond acceptors (Lipinski definition) is 3. The molecule has 1 atom stereocenters. The molecule has 1 amide bonds. The summed E-state index contributed by atoms with van der Waals surface area (Å²) in [5.74, 6) is 0.272. The number of carbonyl (C=O) groups is 1. The molecule has 1 aromatic rings. The molecule has 2 heterocycles. The van der Waals surface area contributed by atoms with Gasteiger partial charge in [-0.25, -0.2) is 0 Å². The number of rotatable bonds is 6. The van der Waals surface area contributed by atoms with Crippen LogP contribution in [0.1, 0.15) is 49.6 Å². The molecule has 0 saturated carbocycles. The van der Waals surface area contributed by atoms with Crippen molar-refractivity contribution in [3.63, 3.8) is 0 Å². The molecule has 1 fully saturated rings. The van der Waals surface area contributed by atoms with Crippen LogP contribution in [0, 0.1) is 5.92 Å². The summed E-state index contributed by atoms with van der Waals surface area (Å²) < 4.78 is 2.10. The highest BCUT2D eigenvalue weighted by Gasteiger charge is 2.22. The number of aliphatic hydroxyl groups is 1. The summed E-state index contributed by atoms with van der Waals surface area (Å²) >= 11 is 0. The Balaban J connectivity index is 0.00000242. The third-order valence-electron chi connectivity index (χ3n) is 4.27. The first-order valence-electron chi connectivity index (χ1n) is 7.92. The first-order valence-corrected chi connectivity index (χ1v) is 7.92. The Morgan fingerprint density at radius 1 is 1.45 bits per heavy atom. The smallest absolute Gasteiger partial charge is 0.268 e. The predicted octanol–water partition coefficient (Wildman–Crippen LogP) is 1.97. The molecule has 126 valence electrons. The molecule has 1 aliphatic rings. The third-order valence-corrected chi connectivity index (χ3v) is 4.27. The number of aromatic nitrogens is 1. The molecular weight excluding hydrogens is 302 g/mol. The zero-order valence-corrected chi connectivity index (χ0v) is 14.2. The van der Waals surface area contributed by atoms with E-state index in [1.165, 1.54) is 0 Å². The van der Waals surface area contributed by atoms with E-state index in [1.807, 2.05) is 18.3 Å². The Bertz CT molecular complexity index is 456. The number of nitrogens with one attached hydrogen (secondary N) is 2. The van der Waals surface area contributed by atoms with E-state index >= 15 is 0 Å². The minimum atomic E-state index is -0.0364. The summed E-state index contributed by atoms with van der Waals surface area (Å²) in [6.45, 7) is 6.23. The number of amides is 1. The summed E-state index contributed by atoms with van der Waals surface area (Å²) in [5.41, 5.74) is 0.727. The maximum Gasteiger partial charge on any atom is 0.268 e. The average Bonchev–Trinajstić information content (AvgIpc) is 2.97. The van der Waals surface area contributed by atoms with Crippen LogP contribution >= 0.6 is 12.4 Å². The zero-order valence-electron chi connectivity index (χ0n) is 13.4. The van der Waals surface area contributed by atoms with Gasteiger partial charge >= 0.3 is 0 Å². The monoisotopic (exact) mass is 329 g/mol. The van der Waals surface area contributed by atoms with E-state index in [0.717, 1.165) is 31.6 Å². The lowest BCUT2D eigenvalue weighted by molar-refractivity contribution is 0.0903. The van der Waals surface area contributed by atoms with Crippen molar-refractivity contribution in [1.82, 2.24) is 15.2 Å². The lowest BCUT2D eigenvalue weighted by atomic mass is 10.0. The highest BCUT2D eigenvalue weighted by Crippen LogP contribution is 2.21. The van der Waals surface area contributed by atoms with Crippen molar-refractivity contribution in [3.05, 3.63) is 24.0 Å². The SMILES string of the molecule is CC(C)C(CCO)NC(=O)c1cccn1C1CCNCC1.Cl. The van der Waals surface area contributed by atoms with Crippen LogP contribution in [0.3, 0.4) is 0 Å². The third kappa shape index (κ3) is 4.73. The Labute approximate surface area is 138 Å². The second-order valence-electron chi connectivity index (χ2n) is 6.12. The second kappa shape index (κ2) is 9.18. The molecule has 1 aliphatic heterocycles. The van der Waals surface area contributed by atoms with Crippen molar-refractivity contribution in [1.29, 1.82) is 0 Å². The largest absolute Gasteiger partial charge is 0.396 e.